The van der Waals surface area contributed by atoms with E-state index in [9.17, 15) is 0 Å². The van der Waals surface area contributed by atoms with Gasteiger partial charge < -0.3 is 15.4 Å². The zero-order valence-corrected chi connectivity index (χ0v) is 17.1. The summed E-state index contributed by atoms with van der Waals surface area (Å²) in [6, 6.07) is 6.44. The molecule has 134 valence electrons. The van der Waals surface area contributed by atoms with Gasteiger partial charge in [-0.15, -0.1) is 24.0 Å². The third kappa shape index (κ3) is 6.49. The van der Waals surface area contributed by atoms with Crippen LogP contribution in [0.2, 0.25) is 0 Å². The highest BCUT2D eigenvalue weighted by Gasteiger charge is 2.22. The molecule has 0 amide bonds. The molecule has 5 heteroatoms. The average Bonchev–Trinajstić information content (AvgIpc) is 3.44. The Morgan fingerprint density at radius 2 is 1.92 bits per heavy atom. The lowest BCUT2D eigenvalue weighted by Crippen LogP contribution is -2.37. The summed E-state index contributed by atoms with van der Waals surface area (Å²) in [5, 5.41) is 6.80. The molecule has 0 unspecified atom stereocenters. The summed E-state index contributed by atoms with van der Waals surface area (Å²) in [6.45, 7) is 4.71. The molecule has 2 aliphatic rings. The lowest BCUT2D eigenvalue weighted by atomic mass is 10.1. The Labute approximate surface area is 162 Å². The number of halogens is 1. The molecule has 0 spiro atoms. The van der Waals surface area contributed by atoms with Crippen molar-refractivity contribution in [2.24, 2.45) is 16.8 Å². The fourth-order valence-electron chi connectivity index (χ4n) is 2.64. The lowest BCUT2D eigenvalue weighted by molar-refractivity contribution is 0.296. The van der Waals surface area contributed by atoms with Gasteiger partial charge in [0.05, 0.1) is 6.61 Å². The van der Waals surface area contributed by atoms with E-state index in [0.29, 0.717) is 0 Å². The summed E-state index contributed by atoms with van der Waals surface area (Å²) in [6.07, 6.45) is 6.69. The molecule has 0 aliphatic heterocycles. The molecule has 0 heterocycles. The Morgan fingerprint density at radius 3 is 2.58 bits per heavy atom. The molecule has 0 bridgehead atoms. The maximum Gasteiger partial charge on any atom is 0.191 e. The Bertz CT molecular complexity index is 554. The third-order valence-electron chi connectivity index (χ3n) is 4.61. The first-order valence-corrected chi connectivity index (χ1v) is 8.91. The number of nitrogens with one attached hydrogen (secondary N) is 2. The minimum atomic E-state index is 0. The molecular weight excluding hydrogens is 413 g/mol. The normalized spacial score (nSPS) is 17.2. The van der Waals surface area contributed by atoms with Crippen molar-refractivity contribution >= 4 is 29.9 Å². The van der Waals surface area contributed by atoms with Gasteiger partial charge >= 0.3 is 0 Å². The van der Waals surface area contributed by atoms with Gasteiger partial charge in [-0.25, -0.2) is 0 Å². The van der Waals surface area contributed by atoms with Crippen molar-refractivity contribution in [2.45, 2.75) is 45.6 Å². The van der Waals surface area contributed by atoms with Crippen LogP contribution < -0.4 is 15.4 Å². The zero-order valence-electron chi connectivity index (χ0n) is 14.8. The second kappa shape index (κ2) is 9.49. The number of rotatable bonds is 8. The Balaban J connectivity index is 0.00000208. The Morgan fingerprint density at radius 1 is 1.17 bits per heavy atom. The number of benzene rings is 1. The van der Waals surface area contributed by atoms with Crippen LogP contribution in [0.1, 0.15) is 43.2 Å². The fourth-order valence-corrected chi connectivity index (χ4v) is 2.64. The van der Waals surface area contributed by atoms with Crippen molar-refractivity contribution < 1.29 is 4.74 Å². The maximum atomic E-state index is 6.03. The quantitative estimate of drug-likeness (QED) is 0.364. The fraction of sp³-hybridized carbons (Fsp3) is 0.632. The molecule has 0 saturated heterocycles. The van der Waals surface area contributed by atoms with Crippen molar-refractivity contribution in [3.8, 4) is 5.75 Å². The number of aryl methyl sites for hydroxylation is 1. The van der Waals surface area contributed by atoms with Crippen LogP contribution in [0.3, 0.4) is 0 Å². The highest BCUT2D eigenvalue weighted by molar-refractivity contribution is 14.0. The maximum absolute atomic E-state index is 6.03. The largest absolute Gasteiger partial charge is 0.493 e. The van der Waals surface area contributed by atoms with E-state index in [4.69, 9.17) is 4.74 Å². The molecule has 0 atom stereocenters. The summed E-state index contributed by atoms with van der Waals surface area (Å²) in [7, 11) is 1.83. The molecule has 2 fully saturated rings. The van der Waals surface area contributed by atoms with Crippen molar-refractivity contribution in [3.05, 3.63) is 29.3 Å². The second-order valence-corrected chi connectivity index (χ2v) is 6.95. The van der Waals surface area contributed by atoms with E-state index in [0.717, 1.165) is 43.2 Å². The molecule has 0 aromatic heterocycles. The minimum absolute atomic E-state index is 0. The van der Waals surface area contributed by atoms with Gasteiger partial charge in [0, 0.05) is 25.7 Å². The van der Waals surface area contributed by atoms with Crippen LogP contribution in [-0.4, -0.2) is 26.2 Å². The Kier molecular flexibility index (Phi) is 7.65. The molecule has 2 saturated carbocycles. The molecule has 2 N–H and O–H groups in total. The summed E-state index contributed by atoms with van der Waals surface area (Å²) < 4.78 is 6.03. The van der Waals surface area contributed by atoms with Crippen LogP contribution in [0.15, 0.2) is 23.2 Å². The number of hydrogen-bond donors (Lipinski definition) is 2. The Hall–Kier alpha value is -0.980. The highest BCUT2D eigenvalue weighted by Crippen LogP contribution is 2.32. The summed E-state index contributed by atoms with van der Waals surface area (Å²) >= 11 is 0. The van der Waals surface area contributed by atoms with Gasteiger partial charge in [0.15, 0.2) is 5.96 Å². The van der Waals surface area contributed by atoms with Gasteiger partial charge in [0.25, 0.3) is 0 Å². The van der Waals surface area contributed by atoms with Gasteiger partial charge in [-0.3, -0.25) is 4.99 Å². The summed E-state index contributed by atoms with van der Waals surface area (Å²) in [4.78, 5) is 4.31. The predicted molar refractivity (Wildman–Crippen MR) is 110 cm³/mol. The van der Waals surface area contributed by atoms with Crippen LogP contribution in [-0.2, 0) is 6.54 Å². The topological polar surface area (TPSA) is 45.7 Å². The van der Waals surface area contributed by atoms with Crippen LogP contribution in [0.25, 0.3) is 0 Å². The van der Waals surface area contributed by atoms with Crippen molar-refractivity contribution in [3.63, 3.8) is 0 Å². The van der Waals surface area contributed by atoms with E-state index in [1.54, 1.807) is 0 Å². The van der Waals surface area contributed by atoms with E-state index in [1.165, 1.54) is 43.2 Å². The first kappa shape index (κ1) is 19.3. The molecule has 3 rings (SSSR count). The van der Waals surface area contributed by atoms with Gasteiger partial charge in [-0.1, -0.05) is 25.0 Å². The molecular formula is C19H30IN3O. The van der Waals surface area contributed by atoms with Crippen molar-refractivity contribution in [1.82, 2.24) is 10.6 Å². The minimum Gasteiger partial charge on any atom is -0.493 e. The number of guanidine groups is 1. The van der Waals surface area contributed by atoms with Gasteiger partial charge in [-0.05, 0) is 49.7 Å². The number of hydrogen-bond acceptors (Lipinski definition) is 2. The monoisotopic (exact) mass is 443 g/mol. The molecule has 24 heavy (non-hydrogen) atoms. The third-order valence-corrected chi connectivity index (χ3v) is 4.61. The molecule has 0 radical (unpaired) electrons. The summed E-state index contributed by atoms with van der Waals surface area (Å²) in [5.41, 5.74) is 2.44. The second-order valence-electron chi connectivity index (χ2n) is 6.95. The van der Waals surface area contributed by atoms with E-state index in [2.05, 4.69) is 40.7 Å². The molecule has 4 nitrogen and oxygen atoms in total. The van der Waals surface area contributed by atoms with Crippen LogP contribution in [0.4, 0.5) is 0 Å². The van der Waals surface area contributed by atoms with E-state index >= 15 is 0 Å². The van der Waals surface area contributed by atoms with Gasteiger partial charge in [-0.2, -0.15) is 0 Å². The summed E-state index contributed by atoms with van der Waals surface area (Å²) in [5.74, 6) is 3.60. The SMILES string of the molecule is CN=C(NCCC1CC1)NCc1ccc(C)cc1OCC1CC1.I. The van der Waals surface area contributed by atoms with Crippen LogP contribution in [0.5, 0.6) is 5.75 Å². The number of ether oxygens (including phenoxy) is 1. The molecule has 1 aromatic carbocycles. The first-order valence-electron chi connectivity index (χ1n) is 8.91. The lowest BCUT2D eigenvalue weighted by Gasteiger charge is -2.15. The highest BCUT2D eigenvalue weighted by atomic mass is 127. The zero-order chi connectivity index (χ0) is 16.1. The number of aliphatic imine (C=N–C) groups is 1. The van der Waals surface area contributed by atoms with Crippen LogP contribution >= 0.6 is 24.0 Å². The van der Waals surface area contributed by atoms with Crippen molar-refractivity contribution in [2.75, 3.05) is 20.2 Å². The first-order chi connectivity index (χ1) is 11.2. The predicted octanol–water partition coefficient (Wildman–Crippen LogP) is 3.87. The van der Waals surface area contributed by atoms with Crippen molar-refractivity contribution in [1.29, 1.82) is 0 Å². The van der Waals surface area contributed by atoms with Gasteiger partial charge in [0.2, 0.25) is 0 Å². The number of nitrogens with zero attached hydrogens (tertiary/aromatic N) is 1. The smallest absolute Gasteiger partial charge is 0.191 e. The van der Waals surface area contributed by atoms with Crippen LogP contribution in [0, 0.1) is 18.8 Å². The molecule has 1 aromatic rings. The molecule has 2 aliphatic carbocycles. The average molecular weight is 443 g/mol. The van der Waals surface area contributed by atoms with E-state index in [-0.39, 0.29) is 24.0 Å². The van der Waals surface area contributed by atoms with Gasteiger partial charge in [0.1, 0.15) is 5.75 Å². The van der Waals surface area contributed by atoms with E-state index < -0.39 is 0 Å². The van der Waals surface area contributed by atoms with E-state index in [1.807, 2.05) is 7.05 Å². The standard InChI is InChI=1S/C19H29N3O.HI/c1-14-3-8-17(18(11-14)23-13-16-6-7-16)12-22-19(20-2)21-10-9-15-4-5-15;/h3,8,11,15-16H,4-7,9-10,12-13H2,1-2H3,(H2,20,21,22);1H.